The van der Waals surface area contributed by atoms with E-state index in [1.54, 1.807) is 0 Å². The molecule has 0 fully saturated rings. The molecule has 0 aliphatic carbocycles. The number of aryl methyl sites for hydroxylation is 1. The predicted octanol–water partition coefficient (Wildman–Crippen LogP) is 3.58. The molecule has 108 valence electrons. The molecule has 0 saturated heterocycles. The summed E-state index contributed by atoms with van der Waals surface area (Å²) in [5.74, 6) is 0.317. The molecule has 1 aromatic carbocycles. The number of benzene rings is 1. The van der Waals surface area contributed by atoms with E-state index >= 15 is 0 Å². The third kappa shape index (κ3) is 3.00. The molecule has 0 amide bonds. The van der Waals surface area contributed by atoms with Crippen molar-refractivity contribution >= 4 is 17.0 Å². The number of carbonyl (C=O) groups is 1. The van der Waals surface area contributed by atoms with Crippen molar-refractivity contribution in [3.63, 3.8) is 0 Å². The van der Waals surface area contributed by atoms with E-state index in [-0.39, 0.29) is 12.3 Å². The van der Waals surface area contributed by atoms with Crippen molar-refractivity contribution in [1.82, 2.24) is 9.55 Å². The largest absolute Gasteiger partial charge is 0.481 e. The van der Waals surface area contributed by atoms with Crippen LogP contribution in [-0.4, -0.2) is 20.6 Å². The number of imidazole rings is 1. The maximum Gasteiger partial charge on any atom is 0.303 e. The van der Waals surface area contributed by atoms with Crippen LogP contribution in [0.3, 0.4) is 0 Å². The van der Waals surface area contributed by atoms with Crippen LogP contribution in [0.1, 0.15) is 44.6 Å². The summed E-state index contributed by atoms with van der Waals surface area (Å²) in [5.41, 5.74) is 3.32. The van der Waals surface area contributed by atoms with Gasteiger partial charge in [0.1, 0.15) is 5.82 Å². The van der Waals surface area contributed by atoms with Gasteiger partial charge in [0, 0.05) is 18.9 Å². The number of nitrogens with zero attached hydrogens (tertiary/aromatic N) is 2. The monoisotopic (exact) mass is 274 g/mol. The highest BCUT2D eigenvalue weighted by atomic mass is 16.4. The second-order valence-electron chi connectivity index (χ2n) is 5.89. The van der Waals surface area contributed by atoms with Gasteiger partial charge >= 0.3 is 5.97 Å². The first kappa shape index (κ1) is 14.6. The van der Waals surface area contributed by atoms with Gasteiger partial charge in [0.2, 0.25) is 0 Å². The van der Waals surface area contributed by atoms with Crippen LogP contribution in [0.15, 0.2) is 18.2 Å². The molecule has 2 aromatic rings. The number of rotatable bonds is 5. The van der Waals surface area contributed by atoms with Crippen LogP contribution in [0.4, 0.5) is 0 Å². The molecule has 0 radical (unpaired) electrons. The number of hydrogen-bond acceptors (Lipinski definition) is 2. The summed E-state index contributed by atoms with van der Waals surface area (Å²) in [7, 11) is 0. The van der Waals surface area contributed by atoms with Crippen molar-refractivity contribution in [2.45, 2.75) is 46.6 Å². The molecule has 1 heterocycles. The molecular formula is C16H22N2O2. The van der Waals surface area contributed by atoms with Crippen molar-refractivity contribution in [1.29, 1.82) is 0 Å². The van der Waals surface area contributed by atoms with Gasteiger partial charge in [0.25, 0.3) is 0 Å². The Morgan fingerprint density at radius 1 is 1.35 bits per heavy atom. The van der Waals surface area contributed by atoms with Crippen LogP contribution >= 0.6 is 0 Å². The average molecular weight is 274 g/mol. The number of fused-ring (bicyclic) bond motifs is 1. The second kappa shape index (κ2) is 5.65. The summed E-state index contributed by atoms with van der Waals surface area (Å²) in [5, 5.41) is 8.89. The molecule has 0 aliphatic rings. The third-order valence-corrected chi connectivity index (χ3v) is 3.49. The molecule has 1 N–H and O–H groups in total. The van der Waals surface area contributed by atoms with Crippen LogP contribution < -0.4 is 0 Å². The first-order valence-electron chi connectivity index (χ1n) is 7.07. The van der Waals surface area contributed by atoms with E-state index in [0.29, 0.717) is 12.5 Å². The van der Waals surface area contributed by atoms with Gasteiger partial charge in [-0.3, -0.25) is 4.79 Å². The lowest BCUT2D eigenvalue weighted by atomic mass is 10.0. The quantitative estimate of drug-likeness (QED) is 0.906. The van der Waals surface area contributed by atoms with Gasteiger partial charge in [-0.05, 0) is 44.4 Å². The predicted molar refractivity (Wildman–Crippen MR) is 80.0 cm³/mol. The summed E-state index contributed by atoms with van der Waals surface area (Å²) < 4.78 is 2.22. The minimum atomic E-state index is -0.749. The molecular weight excluding hydrogens is 252 g/mol. The topological polar surface area (TPSA) is 55.1 Å². The smallest absolute Gasteiger partial charge is 0.303 e. The molecule has 20 heavy (non-hydrogen) atoms. The molecule has 0 spiro atoms. The minimum absolute atomic E-state index is 0.0860. The van der Waals surface area contributed by atoms with E-state index in [4.69, 9.17) is 10.1 Å². The first-order chi connectivity index (χ1) is 9.38. The van der Waals surface area contributed by atoms with Gasteiger partial charge in [0.05, 0.1) is 11.0 Å². The Balaban J connectivity index is 2.41. The number of carboxylic acids is 1. The van der Waals surface area contributed by atoms with Gasteiger partial charge < -0.3 is 9.67 Å². The fraction of sp³-hybridized carbons (Fsp3) is 0.500. The Labute approximate surface area is 119 Å². The number of aromatic nitrogens is 2. The highest BCUT2D eigenvalue weighted by molar-refractivity contribution is 5.77. The zero-order valence-electron chi connectivity index (χ0n) is 12.6. The van der Waals surface area contributed by atoms with Crippen LogP contribution in [0, 0.1) is 12.8 Å². The number of carboxylic acid groups (broad SMARTS) is 1. The summed E-state index contributed by atoms with van der Waals surface area (Å²) >= 11 is 0. The SMILES string of the molecule is Cc1ccc2c(c1)nc(CC(C)CC(=O)O)n2C(C)C. The van der Waals surface area contributed by atoms with Crippen molar-refractivity contribution in [3.05, 3.63) is 29.6 Å². The highest BCUT2D eigenvalue weighted by Crippen LogP contribution is 2.24. The Kier molecular flexibility index (Phi) is 4.12. The molecule has 1 atom stereocenters. The van der Waals surface area contributed by atoms with Gasteiger partial charge in [0.15, 0.2) is 0 Å². The summed E-state index contributed by atoms with van der Waals surface area (Å²) in [6.07, 6.45) is 0.874. The maximum absolute atomic E-state index is 10.8. The number of hydrogen-bond donors (Lipinski definition) is 1. The molecule has 0 saturated carbocycles. The Bertz CT molecular complexity index is 629. The lowest BCUT2D eigenvalue weighted by Crippen LogP contribution is -2.13. The van der Waals surface area contributed by atoms with E-state index in [9.17, 15) is 4.79 Å². The van der Waals surface area contributed by atoms with Crippen molar-refractivity contribution in [2.75, 3.05) is 0 Å². The second-order valence-corrected chi connectivity index (χ2v) is 5.89. The average Bonchev–Trinajstić information content (AvgIpc) is 2.64. The minimum Gasteiger partial charge on any atom is -0.481 e. The summed E-state index contributed by atoms with van der Waals surface area (Å²) in [6, 6.07) is 6.59. The van der Waals surface area contributed by atoms with Gasteiger partial charge in [-0.25, -0.2) is 4.98 Å². The fourth-order valence-corrected chi connectivity index (χ4v) is 2.66. The molecule has 1 unspecified atom stereocenters. The highest BCUT2D eigenvalue weighted by Gasteiger charge is 2.17. The van der Waals surface area contributed by atoms with E-state index in [1.165, 1.54) is 5.56 Å². The molecule has 0 bridgehead atoms. The molecule has 2 rings (SSSR count). The van der Waals surface area contributed by atoms with Crippen LogP contribution in [0.2, 0.25) is 0 Å². The molecule has 1 aromatic heterocycles. The Hall–Kier alpha value is -1.84. The summed E-state index contributed by atoms with van der Waals surface area (Å²) in [4.78, 5) is 15.5. The number of aliphatic carboxylic acids is 1. The fourth-order valence-electron chi connectivity index (χ4n) is 2.66. The van der Waals surface area contributed by atoms with E-state index in [0.717, 1.165) is 16.9 Å². The zero-order valence-corrected chi connectivity index (χ0v) is 12.6. The molecule has 0 aliphatic heterocycles. The van der Waals surface area contributed by atoms with Gasteiger partial charge in [-0.2, -0.15) is 0 Å². The first-order valence-corrected chi connectivity index (χ1v) is 7.07. The Morgan fingerprint density at radius 3 is 2.65 bits per heavy atom. The maximum atomic E-state index is 10.8. The van der Waals surface area contributed by atoms with E-state index in [1.807, 2.05) is 6.92 Å². The lowest BCUT2D eigenvalue weighted by Gasteiger charge is -2.15. The third-order valence-electron chi connectivity index (χ3n) is 3.49. The lowest BCUT2D eigenvalue weighted by molar-refractivity contribution is -0.137. The van der Waals surface area contributed by atoms with Crippen LogP contribution in [0.25, 0.3) is 11.0 Å². The van der Waals surface area contributed by atoms with Crippen molar-refractivity contribution in [2.24, 2.45) is 5.92 Å². The van der Waals surface area contributed by atoms with Gasteiger partial charge in [-0.1, -0.05) is 13.0 Å². The van der Waals surface area contributed by atoms with E-state index in [2.05, 4.69) is 43.5 Å². The normalized spacial score (nSPS) is 13.1. The molecule has 4 nitrogen and oxygen atoms in total. The zero-order chi connectivity index (χ0) is 14.9. The molecule has 4 heteroatoms. The standard InChI is InChI=1S/C16H22N2O2/c1-10(2)18-14-6-5-11(3)7-13(14)17-15(18)8-12(4)9-16(19)20/h5-7,10,12H,8-9H2,1-4H3,(H,19,20). The van der Waals surface area contributed by atoms with Crippen LogP contribution in [-0.2, 0) is 11.2 Å². The van der Waals surface area contributed by atoms with Gasteiger partial charge in [-0.15, -0.1) is 0 Å². The van der Waals surface area contributed by atoms with E-state index < -0.39 is 5.97 Å². The van der Waals surface area contributed by atoms with Crippen molar-refractivity contribution in [3.8, 4) is 0 Å². The Morgan fingerprint density at radius 2 is 2.05 bits per heavy atom. The van der Waals surface area contributed by atoms with Crippen molar-refractivity contribution < 1.29 is 9.90 Å². The van der Waals surface area contributed by atoms with Crippen LogP contribution in [0.5, 0.6) is 0 Å². The summed E-state index contributed by atoms with van der Waals surface area (Å²) in [6.45, 7) is 8.28.